The third-order valence-electron chi connectivity index (χ3n) is 5.08. The second-order valence-corrected chi connectivity index (χ2v) is 7.31. The monoisotopic (exact) mass is 330 g/mol. The molecule has 3 heterocycles. The number of aryl methyl sites for hydroxylation is 1. The Balaban J connectivity index is 1.61. The molecule has 24 heavy (non-hydrogen) atoms. The van der Waals surface area contributed by atoms with Crippen molar-refractivity contribution in [3.05, 3.63) is 36.2 Å². The summed E-state index contributed by atoms with van der Waals surface area (Å²) in [6, 6.07) is 0.858. The van der Waals surface area contributed by atoms with Gasteiger partial charge in [-0.2, -0.15) is 5.10 Å². The maximum absolute atomic E-state index is 4.42. The number of imidazole rings is 1. The van der Waals surface area contributed by atoms with Crippen LogP contribution in [0, 0.1) is 5.92 Å². The van der Waals surface area contributed by atoms with Gasteiger partial charge in [0, 0.05) is 44.1 Å². The van der Waals surface area contributed by atoms with Crippen molar-refractivity contribution < 1.29 is 0 Å². The average molecular weight is 330 g/mol. The van der Waals surface area contributed by atoms with Gasteiger partial charge in [-0.15, -0.1) is 0 Å². The topological polar surface area (TPSA) is 50.9 Å². The van der Waals surface area contributed by atoms with Gasteiger partial charge in [-0.3, -0.25) is 9.58 Å². The second-order valence-electron chi connectivity index (χ2n) is 7.31. The van der Waals surface area contributed by atoms with Crippen LogP contribution in [0.25, 0.3) is 0 Å². The number of aromatic nitrogens is 4. The van der Waals surface area contributed by atoms with Crippen LogP contribution in [0.4, 0.5) is 0 Å². The summed E-state index contributed by atoms with van der Waals surface area (Å²) in [5.41, 5.74) is 2.57. The minimum atomic E-state index is 0.417. The number of hydrogen-bond acceptors (Lipinski definition) is 4. The standard InChI is InChI=1S/C18H30N6/c1-14(2)24-12-15(9-21-24)8-19-10-16-6-5-7-22(3)18(16)17-11-20-13-23(17)4/h9,11-14,16,18-19H,5-8,10H2,1-4H3/t16-,18+/m0/s1. The zero-order chi connectivity index (χ0) is 17.1. The van der Waals surface area contributed by atoms with Crippen molar-refractivity contribution in [1.29, 1.82) is 0 Å². The smallest absolute Gasteiger partial charge is 0.0946 e. The fraction of sp³-hybridized carbons (Fsp3) is 0.667. The normalized spacial score (nSPS) is 22.4. The van der Waals surface area contributed by atoms with E-state index in [1.54, 1.807) is 0 Å². The van der Waals surface area contributed by atoms with Crippen LogP contribution in [0.2, 0.25) is 0 Å². The second kappa shape index (κ2) is 7.49. The molecule has 0 aromatic carbocycles. The number of piperidine rings is 1. The molecule has 0 amide bonds. The molecular weight excluding hydrogens is 300 g/mol. The fourth-order valence-electron chi connectivity index (χ4n) is 3.75. The zero-order valence-electron chi connectivity index (χ0n) is 15.3. The lowest BCUT2D eigenvalue weighted by molar-refractivity contribution is 0.113. The summed E-state index contributed by atoms with van der Waals surface area (Å²) in [5.74, 6) is 0.610. The predicted octanol–water partition coefficient (Wildman–Crippen LogP) is 2.37. The molecule has 0 bridgehead atoms. The van der Waals surface area contributed by atoms with Gasteiger partial charge in [0.1, 0.15) is 0 Å². The van der Waals surface area contributed by atoms with Crippen molar-refractivity contribution in [2.75, 3.05) is 20.1 Å². The van der Waals surface area contributed by atoms with Gasteiger partial charge in [-0.1, -0.05) is 0 Å². The molecule has 2 aromatic rings. The van der Waals surface area contributed by atoms with E-state index in [1.165, 1.54) is 24.1 Å². The van der Waals surface area contributed by atoms with Crippen LogP contribution in [0.15, 0.2) is 24.9 Å². The highest BCUT2D eigenvalue weighted by Gasteiger charge is 2.31. The Morgan fingerprint density at radius 1 is 1.29 bits per heavy atom. The number of nitrogens with zero attached hydrogens (tertiary/aromatic N) is 5. The van der Waals surface area contributed by atoms with Crippen LogP contribution in [-0.4, -0.2) is 44.4 Å². The molecule has 0 saturated carbocycles. The van der Waals surface area contributed by atoms with Crippen LogP contribution < -0.4 is 5.32 Å². The van der Waals surface area contributed by atoms with Crippen molar-refractivity contribution in [1.82, 2.24) is 29.5 Å². The Labute approximate surface area is 144 Å². The maximum Gasteiger partial charge on any atom is 0.0946 e. The summed E-state index contributed by atoms with van der Waals surface area (Å²) in [4.78, 5) is 6.79. The van der Waals surface area contributed by atoms with Gasteiger partial charge in [0.15, 0.2) is 0 Å². The highest BCUT2D eigenvalue weighted by atomic mass is 15.3. The first-order valence-corrected chi connectivity index (χ1v) is 8.96. The molecule has 6 nitrogen and oxygen atoms in total. The fourth-order valence-corrected chi connectivity index (χ4v) is 3.75. The molecule has 1 aliphatic heterocycles. The van der Waals surface area contributed by atoms with Crippen molar-refractivity contribution in [2.45, 2.75) is 45.3 Å². The molecule has 3 rings (SSSR count). The molecule has 0 aliphatic carbocycles. The number of hydrogen-bond donors (Lipinski definition) is 1. The molecule has 1 N–H and O–H groups in total. The number of rotatable bonds is 6. The van der Waals surface area contributed by atoms with E-state index in [2.05, 4.69) is 59.0 Å². The van der Waals surface area contributed by atoms with Crippen molar-refractivity contribution >= 4 is 0 Å². The highest BCUT2D eigenvalue weighted by molar-refractivity contribution is 5.09. The molecule has 0 spiro atoms. The summed E-state index contributed by atoms with van der Waals surface area (Å²) in [6.07, 6.45) is 10.6. The lowest BCUT2D eigenvalue weighted by Crippen LogP contribution is -2.41. The zero-order valence-corrected chi connectivity index (χ0v) is 15.3. The predicted molar refractivity (Wildman–Crippen MR) is 95.6 cm³/mol. The first kappa shape index (κ1) is 17.2. The van der Waals surface area contributed by atoms with Gasteiger partial charge in [0.05, 0.1) is 24.3 Å². The summed E-state index contributed by atoms with van der Waals surface area (Å²) in [6.45, 7) is 7.37. The van der Waals surface area contributed by atoms with Gasteiger partial charge in [0.25, 0.3) is 0 Å². The summed E-state index contributed by atoms with van der Waals surface area (Å²) >= 11 is 0. The molecule has 2 atom stereocenters. The minimum absolute atomic E-state index is 0.417. The quantitative estimate of drug-likeness (QED) is 0.883. The molecule has 1 aliphatic rings. The van der Waals surface area contributed by atoms with Gasteiger partial charge < -0.3 is 9.88 Å². The minimum Gasteiger partial charge on any atom is -0.336 e. The van der Waals surface area contributed by atoms with E-state index in [9.17, 15) is 0 Å². The summed E-state index contributed by atoms with van der Waals surface area (Å²) < 4.78 is 4.18. The lowest BCUT2D eigenvalue weighted by Gasteiger charge is -2.39. The van der Waals surface area contributed by atoms with Crippen LogP contribution in [0.1, 0.15) is 50.0 Å². The van der Waals surface area contributed by atoms with E-state index in [0.29, 0.717) is 18.0 Å². The van der Waals surface area contributed by atoms with Crippen LogP contribution in [0.5, 0.6) is 0 Å². The van der Waals surface area contributed by atoms with Crippen LogP contribution in [0.3, 0.4) is 0 Å². The molecule has 6 heteroatoms. The summed E-state index contributed by atoms with van der Waals surface area (Å²) in [5, 5.41) is 8.06. The van der Waals surface area contributed by atoms with E-state index >= 15 is 0 Å². The molecule has 1 fully saturated rings. The van der Waals surface area contributed by atoms with Crippen molar-refractivity contribution in [3.8, 4) is 0 Å². The Bertz CT molecular complexity index is 643. The van der Waals surface area contributed by atoms with Gasteiger partial charge in [0.2, 0.25) is 0 Å². The van der Waals surface area contributed by atoms with E-state index in [4.69, 9.17) is 0 Å². The lowest BCUT2D eigenvalue weighted by atomic mass is 9.87. The first-order chi connectivity index (χ1) is 11.6. The molecule has 2 aromatic heterocycles. The number of likely N-dealkylation sites (tertiary alicyclic amines) is 1. The molecule has 0 unspecified atom stereocenters. The third kappa shape index (κ3) is 3.70. The molecule has 132 valence electrons. The average Bonchev–Trinajstić information content (AvgIpc) is 3.17. The van der Waals surface area contributed by atoms with Crippen LogP contribution in [-0.2, 0) is 13.6 Å². The Hall–Kier alpha value is -1.66. The third-order valence-corrected chi connectivity index (χ3v) is 5.08. The van der Waals surface area contributed by atoms with E-state index in [0.717, 1.165) is 19.6 Å². The maximum atomic E-state index is 4.42. The molecule has 1 saturated heterocycles. The Morgan fingerprint density at radius 3 is 2.79 bits per heavy atom. The van der Waals surface area contributed by atoms with Gasteiger partial charge in [-0.05, 0) is 46.2 Å². The van der Waals surface area contributed by atoms with E-state index in [-0.39, 0.29) is 0 Å². The Kier molecular flexibility index (Phi) is 5.36. The summed E-state index contributed by atoms with van der Waals surface area (Å²) in [7, 11) is 4.33. The molecular formula is C18H30N6. The van der Waals surface area contributed by atoms with Gasteiger partial charge in [-0.25, -0.2) is 4.98 Å². The SMILES string of the molecule is CC(C)n1cc(CNC[C@@H]2CCCN(C)[C@H]2c2cncn2C)cn1. The number of nitrogens with one attached hydrogen (secondary N) is 1. The highest BCUT2D eigenvalue weighted by Crippen LogP contribution is 2.34. The first-order valence-electron chi connectivity index (χ1n) is 8.96. The van der Waals surface area contributed by atoms with Crippen molar-refractivity contribution in [3.63, 3.8) is 0 Å². The molecule has 0 radical (unpaired) electrons. The van der Waals surface area contributed by atoms with Crippen molar-refractivity contribution in [2.24, 2.45) is 13.0 Å². The van der Waals surface area contributed by atoms with E-state index in [1.807, 2.05) is 23.4 Å². The van der Waals surface area contributed by atoms with Crippen LogP contribution >= 0.6 is 0 Å². The van der Waals surface area contributed by atoms with Gasteiger partial charge >= 0.3 is 0 Å². The Morgan fingerprint density at radius 2 is 2.12 bits per heavy atom. The largest absolute Gasteiger partial charge is 0.336 e. The van der Waals surface area contributed by atoms with E-state index < -0.39 is 0 Å².